The molecule has 6 aliphatic rings. The number of hydrogen-bond acceptors (Lipinski definition) is 10. The minimum Gasteiger partial charge on any atom is -0.394 e. The van der Waals surface area contributed by atoms with Crippen LogP contribution in [0.3, 0.4) is 0 Å². The predicted octanol–water partition coefficient (Wildman–Crippen LogP) is 0.0109. The molecule has 0 aromatic rings. The lowest BCUT2D eigenvalue weighted by atomic mass is 9.58. The van der Waals surface area contributed by atoms with E-state index in [2.05, 4.69) is 6.92 Å². The van der Waals surface area contributed by atoms with Gasteiger partial charge in [-0.1, -0.05) is 13.8 Å². The normalized spacial score (nSPS) is 59.1. The number of aliphatic hydroxyl groups is 4. The van der Waals surface area contributed by atoms with E-state index >= 15 is 0 Å². The lowest BCUT2D eigenvalue weighted by molar-refractivity contribution is -0.579. The van der Waals surface area contributed by atoms with Crippen LogP contribution in [0.5, 0.6) is 0 Å². The molecule has 1 aliphatic carbocycles. The summed E-state index contributed by atoms with van der Waals surface area (Å²) in [5.41, 5.74) is -0.734. The molecular formula is C21H34O10. The Morgan fingerprint density at radius 3 is 2.42 bits per heavy atom. The number of fused-ring (bicyclic) bond motifs is 2. The number of rotatable bonds is 3. The maximum absolute atomic E-state index is 10.4. The second-order valence-corrected chi connectivity index (χ2v) is 10.1. The molecular weight excluding hydrogens is 412 g/mol. The van der Waals surface area contributed by atoms with E-state index in [1.54, 1.807) is 0 Å². The van der Waals surface area contributed by atoms with Gasteiger partial charge in [0.1, 0.15) is 24.4 Å². The van der Waals surface area contributed by atoms with Crippen molar-refractivity contribution in [1.82, 2.24) is 0 Å². The lowest BCUT2D eigenvalue weighted by Crippen LogP contribution is -2.71. The van der Waals surface area contributed by atoms with E-state index < -0.39 is 61.3 Å². The summed E-state index contributed by atoms with van der Waals surface area (Å²) in [4.78, 5) is 11.9. The first-order valence-electron chi connectivity index (χ1n) is 11.4. The van der Waals surface area contributed by atoms with Crippen LogP contribution in [0.4, 0.5) is 0 Å². The van der Waals surface area contributed by atoms with Crippen LogP contribution < -0.4 is 0 Å². The molecule has 6 rings (SSSR count). The van der Waals surface area contributed by atoms with E-state index in [-0.39, 0.29) is 17.8 Å². The minimum atomic E-state index is -1.51. The molecule has 5 saturated heterocycles. The van der Waals surface area contributed by atoms with E-state index in [0.29, 0.717) is 12.3 Å². The molecule has 0 amide bonds. The van der Waals surface area contributed by atoms with Gasteiger partial charge in [-0.25, -0.2) is 9.78 Å². The topological polar surface area (TPSA) is 136 Å². The molecule has 0 unspecified atom stereocenters. The van der Waals surface area contributed by atoms with Gasteiger partial charge in [-0.3, -0.25) is 0 Å². The van der Waals surface area contributed by atoms with Gasteiger partial charge in [0, 0.05) is 18.3 Å². The minimum absolute atomic E-state index is 0.0324. The van der Waals surface area contributed by atoms with Crippen molar-refractivity contribution >= 4 is 0 Å². The van der Waals surface area contributed by atoms with Gasteiger partial charge in [0.05, 0.1) is 6.61 Å². The number of hydrogen-bond donors (Lipinski definition) is 4. The maximum Gasteiger partial charge on any atom is 0.201 e. The molecule has 1 saturated carbocycles. The van der Waals surface area contributed by atoms with Crippen molar-refractivity contribution in [3.05, 3.63) is 0 Å². The molecule has 1 spiro atoms. The van der Waals surface area contributed by atoms with E-state index in [0.717, 1.165) is 19.3 Å². The third-order valence-corrected chi connectivity index (χ3v) is 8.21. The van der Waals surface area contributed by atoms with Crippen molar-refractivity contribution in [3.8, 4) is 0 Å². The average molecular weight is 446 g/mol. The first kappa shape index (κ1) is 22.4. The van der Waals surface area contributed by atoms with Gasteiger partial charge in [0.2, 0.25) is 5.79 Å². The van der Waals surface area contributed by atoms with Crippen LogP contribution in [-0.4, -0.2) is 81.7 Å². The summed E-state index contributed by atoms with van der Waals surface area (Å²) < 4.78 is 24.1. The molecule has 178 valence electrons. The van der Waals surface area contributed by atoms with Crippen molar-refractivity contribution in [2.24, 2.45) is 23.7 Å². The molecule has 5 aliphatic heterocycles. The van der Waals surface area contributed by atoms with Crippen LogP contribution in [0, 0.1) is 23.7 Å². The Kier molecular flexibility index (Phi) is 5.66. The Morgan fingerprint density at radius 2 is 1.68 bits per heavy atom. The summed E-state index contributed by atoms with van der Waals surface area (Å²) >= 11 is 0. The summed E-state index contributed by atoms with van der Waals surface area (Å²) in [5.74, 6) is -0.370. The quantitative estimate of drug-likeness (QED) is 0.439. The SMILES string of the molecule is C[C@H]1[C@@H](O[C@@H]2O[C@H](CO)[C@@H](O)[C@H](O)[C@H]2O)O[C@@H]2O[C@@]3(C)CC[C@H]4[C@H](C)CC[C@@H]1[C@@]24OO3. The van der Waals surface area contributed by atoms with Crippen molar-refractivity contribution < 1.29 is 49.1 Å². The van der Waals surface area contributed by atoms with Crippen molar-refractivity contribution in [1.29, 1.82) is 0 Å². The Morgan fingerprint density at radius 1 is 0.903 bits per heavy atom. The zero-order valence-electron chi connectivity index (χ0n) is 18.1. The zero-order valence-corrected chi connectivity index (χ0v) is 18.1. The molecule has 5 heterocycles. The Hall–Kier alpha value is -0.400. The van der Waals surface area contributed by atoms with Crippen LogP contribution in [0.1, 0.15) is 46.5 Å². The second-order valence-electron chi connectivity index (χ2n) is 10.1. The predicted molar refractivity (Wildman–Crippen MR) is 102 cm³/mol. The van der Waals surface area contributed by atoms with E-state index in [1.165, 1.54) is 0 Å². The molecule has 0 radical (unpaired) electrons. The van der Waals surface area contributed by atoms with Crippen molar-refractivity contribution in [3.63, 3.8) is 0 Å². The first-order valence-corrected chi connectivity index (χ1v) is 11.4. The second kappa shape index (κ2) is 7.83. The fourth-order valence-electron chi connectivity index (χ4n) is 6.34. The third-order valence-electron chi connectivity index (χ3n) is 8.21. The number of ether oxygens (including phenoxy) is 4. The van der Waals surface area contributed by atoms with Gasteiger partial charge in [-0.05, 0) is 38.0 Å². The third kappa shape index (κ3) is 3.30. The molecule has 2 bridgehead atoms. The van der Waals surface area contributed by atoms with Gasteiger partial charge in [-0.2, -0.15) is 0 Å². The summed E-state index contributed by atoms with van der Waals surface area (Å²) in [5, 5.41) is 40.0. The Bertz CT molecular complexity index is 677. The van der Waals surface area contributed by atoms with Gasteiger partial charge in [-0.15, -0.1) is 0 Å². The highest BCUT2D eigenvalue weighted by Gasteiger charge is 2.69. The molecule has 4 N–H and O–H groups in total. The van der Waals surface area contributed by atoms with Crippen molar-refractivity contribution in [2.45, 2.75) is 101 Å². The molecule has 0 aromatic heterocycles. The van der Waals surface area contributed by atoms with Gasteiger partial charge in [0.15, 0.2) is 24.5 Å². The van der Waals surface area contributed by atoms with Crippen LogP contribution in [-0.2, 0) is 28.7 Å². The highest BCUT2D eigenvalue weighted by atomic mass is 17.3. The van der Waals surface area contributed by atoms with Crippen LogP contribution >= 0.6 is 0 Å². The molecule has 0 aromatic carbocycles. The van der Waals surface area contributed by atoms with Gasteiger partial charge >= 0.3 is 0 Å². The lowest BCUT2D eigenvalue weighted by Gasteiger charge is -2.60. The summed E-state index contributed by atoms with van der Waals surface area (Å²) in [7, 11) is 0. The van der Waals surface area contributed by atoms with E-state index in [9.17, 15) is 20.4 Å². The fraction of sp³-hybridized carbons (Fsp3) is 1.00. The monoisotopic (exact) mass is 446 g/mol. The maximum atomic E-state index is 10.4. The average Bonchev–Trinajstić information content (AvgIpc) is 2.98. The van der Waals surface area contributed by atoms with Gasteiger partial charge in [0.25, 0.3) is 0 Å². The fourth-order valence-corrected chi connectivity index (χ4v) is 6.34. The summed E-state index contributed by atoms with van der Waals surface area (Å²) in [6.07, 6.45) is -4.74. The standard InChI is InChI=1S/C21H34O10/c1-9-4-5-12-10(2)17(27-18-16(25)15(24)14(23)13(8-22)26-18)28-19-21(12)11(9)6-7-20(3,29-19)30-31-21/h9-19,22-25H,4-8H2,1-3H3/t9-,10-,11+,12+,13-,14-,15+,16-,17+,18+,19-,20-,21-/m1/s1. The molecule has 10 heteroatoms. The highest BCUT2D eigenvalue weighted by Crippen LogP contribution is 2.60. The molecule has 10 nitrogen and oxygen atoms in total. The molecule has 6 fully saturated rings. The van der Waals surface area contributed by atoms with Crippen LogP contribution in [0.2, 0.25) is 0 Å². The van der Waals surface area contributed by atoms with E-state index in [1.807, 2.05) is 13.8 Å². The van der Waals surface area contributed by atoms with Crippen molar-refractivity contribution in [2.75, 3.05) is 6.61 Å². The summed E-state index contributed by atoms with van der Waals surface area (Å²) in [6, 6.07) is 0. The molecule has 13 atom stereocenters. The zero-order chi connectivity index (χ0) is 22.1. The van der Waals surface area contributed by atoms with Crippen LogP contribution in [0.25, 0.3) is 0 Å². The largest absolute Gasteiger partial charge is 0.394 e. The summed E-state index contributed by atoms with van der Waals surface area (Å²) in [6.45, 7) is 5.55. The Balaban J connectivity index is 1.41. The number of aliphatic hydroxyl groups excluding tert-OH is 4. The highest BCUT2D eigenvalue weighted by molar-refractivity contribution is 5.09. The smallest absolute Gasteiger partial charge is 0.201 e. The molecule has 31 heavy (non-hydrogen) atoms. The van der Waals surface area contributed by atoms with E-state index in [4.69, 9.17) is 28.7 Å². The van der Waals surface area contributed by atoms with Gasteiger partial charge < -0.3 is 39.4 Å². The first-order chi connectivity index (χ1) is 14.7. The Labute approximate surface area is 181 Å². The van der Waals surface area contributed by atoms with Crippen LogP contribution in [0.15, 0.2) is 0 Å².